The largest absolute Gasteiger partial charge is 0.497 e. The minimum absolute atomic E-state index is 0.393. The smallest absolute Gasteiger partial charge is 0.411 e. The molecule has 5 rings (SSSR count). The van der Waals surface area contributed by atoms with Crippen molar-refractivity contribution < 1.29 is 19.1 Å². The van der Waals surface area contributed by atoms with Crippen molar-refractivity contribution in [1.29, 1.82) is 0 Å². The summed E-state index contributed by atoms with van der Waals surface area (Å²) in [5.74, 6) is 0.597. The van der Waals surface area contributed by atoms with E-state index in [0.29, 0.717) is 29.3 Å². The van der Waals surface area contributed by atoms with Gasteiger partial charge in [0.2, 0.25) is 0 Å². The quantitative estimate of drug-likeness (QED) is 0.326. The Hall–Kier alpha value is -4.04. The summed E-state index contributed by atoms with van der Waals surface area (Å²) in [5, 5.41) is 7.89. The van der Waals surface area contributed by atoms with Gasteiger partial charge < -0.3 is 25.5 Å². The number of primary amides is 1. The van der Waals surface area contributed by atoms with E-state index >= 15 is 0 Å². The number of amides is 2. The topological polar surface area (TPSA) is 118 Å². The molecule has 0 bridgehead atoms. The fourth-order valence-corrected chi connectivity index (χ4v) is 4.64. The van der Waals surface area contributed by atoms with Gasteiger partial charge in [0, 0.05) is 22.0 Å². The summed E-state index contributed by atoms with van der Waals surface area (Å²) in [6.45, 7) is 2.33. The molecule has 1 fully saturated rings. The van der Waals surface area contributed by atoms with Crippen LogP contribution in [0.4, 0.5) is 10.5 Å². The molecular weight excluding hydrogens is 444 g/mol. The van der Waals surface area contributed by atoms with Crippen LogP contribution in [0.2, 0.25) is 0 Å². The number of fused-ring (bicyclic) bond motifs is 3. The molecule has 0 saturated carbocycles. The van der Waals surface area contributed by atoms with Crippen LogP contribution in [0.15, 0.2) is 54.6 Å². The van der Waals surface area contributed by atoms with Crippen LogP contribution in [0.5, 0.6) is 5.75 Å². The summed E-state index contributed by atoms with van der Waals surface area (Å²) < 4.78 is 10.8. The van der Waals surface area contributed by atoms with Gasteiger partial charge in [0.25, 0.3) is 5.91 Å². The third kappa shape index (κ3) is 4.79. The van der Waals surface area contributed by atoms with Gasteiger partial charge in [-0.2, -0.15) is 0 Å². The van der Waals surface area contributed by atoms with Crippen molar-refractivity contribution in [1.82, 2.24) is 10.3 Å². The van der Waals surface area contributed by atoms with Crippen LogP contribution >= 0.6 is 0 Å². The number of aromatic amines is 1. The molecule has 1 aliphatic heterocycles. The van der Waals surface area contributed by atoms with Crippen LogP contribution in [0.1, 0.15) is 23.2 Å². The number of nitrogens with two attached hydrogens (primary N) is 1. The zero-order chi connectivity index (χ0) is 24.4. The molecule has 4 aromatic rings. The Morgan fingerprint density at radius 3 is 2.63 bits per heavy atom. The molecule has 35 heavy (non-hydrogen) atoms. The summed E-state index contributed by atoms with van der Waals surface area (Å²) in [7, 11) is 1.62. The highest BCUT2D eigenvalue weighted by Gasteiger charge is 2.17. The molecule has 1 aromatic heterocycles. The Morgan fingerprint density at radius 2 is 1.86 bits per heavy atom. The van der Waals surface area contributed by atoms with E-state index in [1.54, 1.807) is 13.2 Å². The Bertz CT molecular complexity index is 1410. The monoisotopic (exact) mass is 472 g/mol. The van der Waals surface area contributed by atoms with Crippen molar-refractivity contribution in [3.8, 4) is 16.9 Å². The van der Waals surface area contributed by atoms with Gasteiger partial charge in [-0.05, 0) is 79.4 Å². The SMILES string of the molecule is COc1cccc(-c2cc(C(N)=O)c3[nH]c4cc(NC(=O)OCC5CCNCC5)ccc4c3c2)c1. The zero-order valence-corrected chi connectivity index (χ0v) is 19.5. The first-order chi connectivity index (χ1) is 17.0. The Kier molecular flexibility index (Phi) is 6.29. The van der Waals surface area contributed by atoms with Crippen LogP contribution in [-0.2, 0) is 4.74 Å². The van der Waals surface area contributed by atoms with Crippen molar-refractivity contribution in [2.45, 2.75) is 12.8 Å². The molecule has 0 radical (unpaired) electrons. The number of methoxy groups -OCH3 is 1. The maximum Gasteiger partial charge on any atom is 0.411 e. The molecule has 1 saturated heterocycles. The lowest BCUT2D eigenvalue weighted by Gasteiger charge is -2.22. The molecule has 8 nitrogen and oxygen atoms in total. The first kappa shape index (κ1) is 22.7. The van der Waals surface area contributed by atoms with E-state index in [0.717, 1.165) is 59.1 Å². The number of carbonyl (C=O) groups excluding carboxylic acids is 2. The van der Waals surface area contributed by atoms with Crippen LogP contribution in [-0.4, -0.2) is 43.8 Å². The number of H-pyrrole nitrogens is 1. The van der Waals surface area contributed by atoms with E-state index in [4.69, 9.17) is 15.2 Å². The molecule has 3 aromatic carbocycles. The van der Waals surface area contributed by atoms with Crippen molar-refractivity contribution in [3.63, 3.8) is 0 Å². The van der Waals surface area contributed by atoms with E-state index in [2.05, 4.69) is 15.6 Å². The molecule has 0 atom stereocenters. The van der Waals surface area contributed by atoms with E-state index in [1.165, 1.54) is 0 Å². The summed E-state index contributed by atoms with van der Waals surface area (Å²) in [6.07, 6.45) is 1.54. The van der Waals surface area contributed by atoms with Crippen LogP contribution < -0.4 is 21.1 Å². The number of hydrogen-bond acceptors (Lipinski definition) is 5. The zero-order valence-electron chi connectivity index (χ0n) is 19.5. The molecule has 8 heteroatoms. The second-order valence-electron chi connectivity index (χ2n) is 8.84. The van der Waals surface area contributed by atoms with Crippen LogP contribution in [0.25, 0.3) is 32.9 Å². The molecule has 0 aliphatic carbocycles. The second kappa shape index (κ2) is 9.68. The Labute approximate surface area is 202 Å². The van der Waals surface area contributed by atoms with Crippen molar-refractivity contribution >= 4 is 39.5 Å². The minimum Gasteiger partial charge on any atom is -0.497 e. The third-order valence-corrected chi connectivity index (χ3v) is 6.53. The van der Waals surface area contributed by atoms with E-state index < -0.39 is 12.0 Å². The van der Waals surface area contributed by atoms with Gasteiger partial charge in [-0.3, -0.25) is 10.1 Å². The Balaban J connectivity index is 1.45. The number of hydrogen-bond donors (Lipinski definition) is 4. The van der Waals surface area contributed by atoms with Crippen LogP contribution in [0.3, 0.4) is 0 Å². The first-order valence-electron chi connectivity index (χ1n) is 11.7. The number of carbonyl (C=O) groups is 2. The van der Waals surface area contributed by atoms with Gasteiger partial charge in [-0.15, -0.1) is 0 Å². The average Bonchev–Trinajstić information content (AvgIpc) is 3.25. The number of rotatable bonds is 6. The summed E-state index contributed by atoms with van der Waals surface area (Å²) in [6, 6.07) is 17.0. The van der Waals surface area contributed by atoms with Crippen molar-refractivity contribution in [2.24, 2.45) is 11.7 Å². The van der Waals surface area contributed by atoms with Crippen LogP contribution in [0, 0.1) is 5.92 Å². The van der Waals surface area contributed by atoms with Gasteiger partial charge in [-0.25, -0.2) is 4.79 Å². The number of benzene rings is 3. The Morgan fingerprint density at radius 1 is 1.03 bits per heavy atom. The van der Waals surface area contributed by atoms with E-state index in [9.17, 15) is 9.59 Å². The normalized spacial score (nSPS) is 14.2. The van der Waals surface area contributed by atoms with Gasteiger partial charge >= 0.3 is 6.09 Å². The van der Waals surface area contributed by atoms with Gasteiger partial charge in [0.1, 0.15) is 5.75 Å². The molecular formula is C27H28N4O4. The lowest BCUT2D eigenvalue weighted by Crippen LogP contribution is -2.31. The molecule has 5 N–H and O–H groups in total. The number of anilines is 1. The summed E-state index contributed by atoms with van der Waals surface area (Å²) in [4.78, 5) is 27.9. The van der Waals surface area contributed by atoms with Gasteiger partial charge in [0.05, 0.1) is 24.8 Å². The third-order valence-electron chi connectivity index (χ3n) is 6.53. The summed E-state index contributed by atoms with van der Waals surface area (Å²) in [5.41, 5.74) is 9.94. The second-order valence-corrected chi connectivity index (χ2v) is 8.84. The fraction of sp³-hybridized carbons (Fsp3) is 0.259. The minimum atomic E-state index is -0.522. The number of ether oxygens (including phenoxy) is 2. The molecule has 0 unspecified atom stereocenters. The lowest BCUT2D eigenvalue weighted by atomic mass is 9.98. The lowest BCUT2D eigenvalue weighted by molar-refractivity contribution is 0.100. The van der Waals surface area contributed by atoms with E-state index in [1.807, 2.05) is 48.5 Å². The molecule has 1 aliphatic rings. The number of nitrogens with one attached hydrogen (secondary N) is 3. The van der Waals surface area contributed by atoms with E-state index in [-0.39, 0.29) is 0 Å². The standard InChI is InChI=1S/C27H28N4O4/c1-34-20-4-2-3-17(11-20)18-12-22-21-6-5-19(14-24(21)31-25(22)23(13-18)26(28)32)30-27(33)35-15-16-7-9-29-10-8-16/h2-6,11-14,16,29,31H,7-10,15H2,1H3,(H2,28,32)(H,30,33). The highest BCUT2D eigenvalue weighted by atomic mass is 16.5. The molecule has 0 spiro atoms. The predicted octanol–water partition coefficient (Wildman–Crippen LogP) is 4.64. The molecule has 2 heterocycles. The first-order valence-corrected chi connectivity index (χ1v) is 11.7. The van der Waals surface area contributed by atoms with Crippen molar-refractivity contribution in [2.75, 3.05) is 32.1 Å². The van der Waals surface area contributed by atoms with Crippen molar-refractivity contribution in [3.05, 3.63) is 60.2 Å². The highest BCUT2D eigenvalue weighted by molar-refractivity contribution is 6.16. The fourth-order valence-electron chi connectivity index (χ4n) is 4.64. The summed E-state index contributed by atoms with van der Waals surface area (Å²) >= 11 is 0. The van der Waals surface area contributed by atoms with Gasteiger partial charge in [-0.1, -0.05) is 18.2 Å². The predicted molar refractivity (Wildman–Crippen MR) is 137 cm³/mol. The number of piperidine rings is 1. The maximum absolute atomic E-state index is 12.3. The molecule has 2 amide bonds. The average molecular weight is 473 g/mol. The number of aromatic nitrogens is 1. The van der Waals surface area contributed by atoms with Gasteiger partial charge in [0.15, 0.2) is 0 Å². The highest BCUT2D eigenvalue weighted by Crippen LogP contribution is 2.34. The maximum atomic E-state index is 12.3. The molecule has 180 valence electrons.